The van der Waals surface area contributed by atoms with Crippen molar-refractivity contribution in [2.24, 2.45) is 5.92 Å². The van der Waals surface area contributed by atoms with Crippen LogP contribution in [-0.2, 0) is 0 Å². The van der Waals surface area contributed by atoms with E-state index in [0.717, 1.165) is 22.6 Å². The highest BCUT2D eigenvalue weighted by Gasteiger charge is 2.27. The molecule has 1 aliphatic rings. The highest BCUT2D eigenvalue weighted by Crippen LogP contribution is 2.33. The summed E-state index contributed by atoms with van der Waals surface area (Å²) in [6.07, 6.45) is 1.26. The Morgan fingerprint density at radius 1 is 1.40 bits per heavy atom. The second-order valence-corrected chi connectivity index (χ2v) is 5.46. The molecular formula is C12H17BrN2. The molecular weight excluding hydrogens is 252 g/mol. The topological polar surface area (TPSA) is 29.3 Å². The summed E-state index contributed by atoms with van der Waals surface area (Å²) in [5.41, 5.74) is 8.08. The summed E-state index contributed by atoms with van der Waals surface area (Å²) >= 11 is 3.43. The van der Waals surface area contributed by atoms with Crippen molar-refractivity contribution in [3.05, 3.63) is 22.7 Å². The molecule has 2 rings (SSSR count). The van der Waals surface area contributed by atoms with Crippen LogP contribution in [0.1, 0.15) is 20.3 Å². The lowest BCUT2D eigenvalue weighted by Gasteiger charge is -2.25. The van der Waals surface area contributed by atoms with E-state index in [-0.39, 0.29) is 0 Å². The van der Waals surface area contributed by atoms with Gasteiger partial charge in [0.1, 0.15) is 0 Å². The molecule has 82 valence electrons. The van der Waals surface area contributed by atoms with Crippen molar-refractivity contribution in [1.29, 1.82) is 0 Å². The summed E-state index contributed by atoms with van der Waals surface area (Å²) in [5.74, 6) is 0.767. The normalized spacial score (nSPS) is 25.9. The van der Waals surface area contributed by atoms with Crippen molar-refractivity contribution in [1.82, 2.24) is 0 Å². The number of hydrogen-bond acceptors (Lipinski definition) is 2. The van der Waals surface area contributed by atoms with Crippen LogP contribution in [-0.4, -0.2) is 12.6 Å². The number of halogens is 1. The van der Waals surface area contributed by atoms with E-state index in [1.54, 1.807) is 0 Å². The van der Waals surface area contributed by atoms with E-state index >= 15 is 0 Å². The predicted octanol–water partition coefficient (Wildman–Crippen LogP) is 3.27. The molecule has 0 bridgehead atoms. The van der Waals surface area contributed by atoms with Crippen LogP contribution in [0.2, 0.25) is 0 Å². The molecule has 1 aromatic rings. The van der Waals surface area contributed by atoms with Gasteiger partial charge in [-0.3, -0.25) is 0 Å². The number of nitrogen functional groups attached to an aromatic ring is 1. The van der Waals surface area contributed by atoms with Gasteiger partial charge in [0, 0.05) is 17.1 Å². The zero-order chi connectivity index (χ0) is 11.0. The van der Waals surface area contributed by atoms with Crippen molar-refractivity contribution in [3.8, 4) is 0 Å². The first-order chi connectivity index (χ1) is 7.08. The van der Waals surface area contributed by atoms with E-state index in [1.807, 2.05) is 6.07 Å². The van der Waals surface area contributed by atoms with E-state index in [9.17, 15) is 0 Å². The molecule has 0 radical (unpaired) electrons. The molecule has 1 saturated heterocycles. The molecule has 1 aliphatic heterocycles. The first-order valence-corrected chi connectivity index (χ1v) is 6.19. The van der Waals surface area contributed by atoms with Gasteiger partial charge in [-0.1, -0.05) is 22.9 Å². The van der Waals surface area contributed by atoms with Crippen LogP contribution in [0.25, 0.3) is 0 Å². The van der Waals surface area contributed by atoms with Crippen LogP contribution >= 0.6 is 15.9 Å². The number of anilines is 2. The summed E-state index contributed by atoms with van der Waals surface area (Å²) < 4.78 is 1.05. The Hall–Kier alpha value is -0.700. The highest BCUT2D eigenvalue weighted by molar-refractivity contribution is 9.10. The molecule has 1 heterocycles. The summed E-state index contributed by atoms with van der Waals surface area (Å²) in [7, 11) is 0. The largest absolute Gasteiger partial charge is 0.397 e. The maximum Gasteiger partial charge on any atom is 0.0603 e. The van der Waals surface area contributed by atoms with Gasteiger partial charge in [0.25, 0.3) is 0 Å². The Kier molecular flexibility index (Phi) is 2.91. The molecule has 1 fully saturated rings. The molecule has 0 amide bonds. The standard InChI is InChI=1S/C12H17BrN2/c1-8-5-9(2)15(7-8)12-4-3-10(13)6-11(12)14/h3-4,6,8-9H,5,7,14H2,1-2H3. The Labute approximate surface area is 99.6 Å². The van der Waals surface area contributed by atoms with Gasteiger partial charge in [-0.25, -0.2) is 0 Å². The van der Waals surface area contributed by atoms with E-state index in [1.165, 1.54) is 12.1 Å². The number of nitrogens with two attached hydrogens (primary N) is 1. The molecule has 0 aliphatic carbocycles. The number of nitrogens with zero attached hydrogens (tertiary/aromatic N) is 1. The van der Waals surface area contributed by atoms with Gasteiger partial charge in [0.05, 0.1) is 11.4 Å². The van der Waals surface area contributed by atoms with E-state index in [0.29, 0.717) is 6.04 Å². The zero-order valence-electron chi connectivity index (χ0n) is 9.20. The fraction of sp³-hybridized carbons (Fsp3) is 0.500. The number of hydrogen-bond donors (Lipinski definition) is 1. The fourth-order valence-electron chi connectivity index (χ4n) is 2.42. The average molecular weight is 269 g/mol. The quantitative estimate of drug-likeness (QED) is 0.793. The lowest BCUT2D eigenvalue weighted by molar-refractivity contribution is 0.625. The van der Waals surface area contributed by atoms with E-state index in [2.05, 4.69) is 46.8 Å². The average Bonchev–Trinajstić information content (AvgIpc) is 2.45. The van der Waals surface area contributed by atoms with Crippen molar-refractivity contribution in [3.63, 3.8) is 0 Å². The third kappa shape index (κ3) is 2.12. The summed E-state index contributed by atoms with van der Waals surface area (Å²) in [6.45, 7) is 5.68. The van der Waals surface area contributed by atoms with Gasteiger partial charge in [-0.15, -0.1) is 0 Å². The summed E-state index contributed by atoms with van der Waals surface area (Å²) in [5, 5.41) is 0. The number of benzene rings is 1. The van der Waals surface area contributed by atoms with Crippen molar-refractivity contribution < 1.29 is 0 Å². The molecule has 2 N–H and O–H groups in total. The van der Waals surface area contributed by atoms with Crippen LogP contribution in [0.15, 0.2) is 22.7 Å². The molecule has 2 nitrogen and oxygen atoms in total. The molecule has 0 spiro atoms. The zero-order valence-corrected chi connectivity index (χ0v) is 10.8. The molecule has 2 unspecified atom stereocenters. The van der Waals surface area contributed by atoms with Crippen LogP contribution in [0.5, 0.6) is 0 Å². The molecule has 0 aromatic heterocycles. The third-order valence-electron chi connectivity index (χ3n) is 3.08. The molecule has 2 atom stereocenters. The molecule has 1 aromatic carbocycles. The maximum atomic E-state index is 6.04. The van der Waals surface area contributed by atoms with Gasteiger partial charge < -0.3 is 10.6 Å². The Morgan fingerprint density at radius 2 is 2.13 bits per heavy atom. The third-order valence-corrected chi connectivity index (χ3v) is 3.58. The van der Waals surface area contributed by atoms with E-state index < -0.39 is 0 Å². The minimum absolute atomic E-state index is 0.600. The van der Waals surface area contributed by atoms with Crippen LogP contribution in [0.3, 0.4) is 0 Å². The lowest BCUT2D eigenvalue weighted by Crippen LogP contribution is -2.27. The van der Waals surface area contributed by atoms with Gasteiger partial charge in [0.15, 0.2) is 0 Å². The van der Waals surface area contributed by atoms with Crippen molar-refractivity contribution in [2.45, 2.75) is 26.3 Å². The highest BCUT2D eigenvalue weighted by atomic mass is 79.9. The summed E-state index contributed by atoms with van der Waals surface area (Å²) in [6, 6.07) is 6.74. The first-order valence-electron chi connectivity index (χ1n) is 5.39. The smallest absolute Gasteiger partial charge is 0.0603 e. The van der Waals surface area contributed by atoms with Gasteiger partial charge in [0.2, 0.25) is 0 Å². The van der Waals surface area contributed by atoms with Crippen LogP contribution in [0, 0.1) is 5.92 Å². The number of rotatable bonds is 1. The molecule has 3 heteroatoms. The maximum absolute atomic E-state index is 6.04. The molecule has 15 heavy (non-hydrogen) atoms. The first kappa shape index (κ1) is 10.8. The van der Waals surface area contributed by atoms with Crippen molar-refractivity contribution in [2.75, 3.05) is 17.2 Å². The monoisotopic (exact) mass is 268 g/mol. The Morgan fingerprint density at radius 3 is 2.67 bits per heavy atom. The van der Waals surface area contributed by atoms with Crippen molar-refractivity contribution >= 4 is 27.3 Å². The minimum Gasteiger partial charge on any atom is -0.397 e. The Bertz CT molecular complexity index is 365. The Balaban J connectivity index is 2.29. The minimum atomic E-state index is 0.600. The lowest BCUT2D eigenvalue weighted by atomic mass is 10.1. The van der Waals surface area contributed by atoms with Crippen LogP contribution < -0.4 is 10.6 Å². The predicted molar refractivity (Wildman–Crippen MR) is 69.1 cm³/mol. The van der Waals surface area contributed by atoms with Crippen LogP contribution in [0.4, 0.5) is 11.4 Å². The SMILES string of the molecule is CC1CC(C)N(c2ccc(Br)cc2N)C1. The van der Waals surface area contributed by atoms with E-state index in [4.69, 9.17) is 5.73 Å². The van der Waals surface area contributed by atoms with Gasteiger partial charge in [-0.05, 0) is 37.5 Å². The van der Waals surface area contributed by atoms with Gasteiger partial charge >= 0.3 is 0 Å². The fourth-order valence-corrected chi connectivity index (χ4v) is 2.80. The second kappa shape index (κ2) is 4.05. The van der Waals surface area contributed by atoms with Gasteiger partial charge in [-0.2, -0.15) is 0 Å². The molecule has 0 saturated carbocycles. The second-order valence-electron chi connectivity index (χ2n) is 4.55. The summed E-state index contributed by atoms with van der Waals surface area (Å²) in [4.78, 5) is 2.41.